The van der Waals surface area contributed by atoms with Crippen LogP contribution in [-0.2, 0) is 0 Å². The first-order valence-corrected chi connectivity index (χ1v) is 5.77. The average molecular weight is 231 g/mol. The van der Waals surface area contributed by atoms with E-state index in [1.165, 1.54) is 0 Å². The van der Waals surface area contributed by atoms with Gasteiger partial charge in [-0.1, -0.05) is 6.92 Å². The SMILES string of the molecule is CCC(CO)Nc1ccc(N)c2cccnc12. The number of aliphatic hydroxyl groups excluding tert-OH is 1. The zero-order chi connectivity index (χ0) is 12.3. The van der Waals surface area contributed by atoms with Crippen molar-refractivity contribution in [1.29, 1.82) is 0 Å². The van der Waals surface area contributed by atoms with Crippen molar-refractivity contribution >= 4 is 22.3 Å². The van der Waals surface area contributed by atoms with Gasteiger partial charge in [0.15, 0.2) is 0 Å². The molecular weight excluding hydrogens is 214 g/mol. The lowest BCUT2D eigenvalue weighted by Crippen LogP contribution is -2.22. The summed E-state index contributed by atoms with van der Waals surface area (Å²) in [7, 11) is 0. The number of benzene rings is 1. The third-order valence-corrected chi connectivity index (χ3v) is 2.88. The molecular formula is C13H17N3O. The number of nitrogens with two attached hydrogens (primary N) is 1. The van der Waals surface area contributed by atoms with Gasteiger partial charge in [-0.15, -0.1) is 0 Å². The highest BCUT2D eigenvalue weighted by molar-refractivity contribution is 5.98. The van der Waals surface area contributed by atoms with Crippen LogP contribution in [0.1, 0.15) is 13.3 Å². The summed E-state index contributed by atoms with van der Waals surface area (Å²) in [6.07, 6.45) is 2.60. The number of aliphatic hydroxyl groups is 1. The van der Waals surface area contributed by atoms with E-state index in [0.29, 0.717) is 0 Å². The van der Waals surface area contributed by atoms with E-state index >= 15 is 0 Å². The second-order valence-corrected chi connectivity index (χ2v) is 4.03. The van der Waals surface area contributed by atoms with Crippen LogP contribution in [0.2, 0.25) is 0 Å². The Hall–Kier alpha value is -1.81. The number of hydrogen-bond acceptors (Lipinski definition) is 4. The Kier molecular flexibility index (Phi) is 3.44. The zero-order valence-electron chi connectivity index (χ0n) is 9.85. The monoisotopic (exact) mass is 231 g/mol. The zero-order valence-corrected chi connectivity index (χ0v) is 9.85. The fraction of sp³-hybridized carbons (Fsp3) is 0.308. The van der Waals surface area contributed by atoms with Crippen molar-refractivity contribution < 1.29 is 5.11 Å². The lowest BCUT2D eigenvalue weighted by atomic mass is 10.1. The number of hydrogen-bond donors (Lipinski definition) is 3. The largest absolute Gasteiger partial charge is 0.398 e. The summed E-state index contributed by atoms with van der Waals surface area (Å²) in [5.41, 5.74) is 8.38. The summed E-state index contributed by atoms with van der Waals surface area (Å²) in [4.78, 5) is 4.34. The van der Waals surface area contributed by atoms with Crippen molar-refractivity contribution in [2.75, 3.05) is 17.7 Å². The minimum absolute atomic E-state index is 0.0452. The summed E-state index contributed by atoms with van der Waals surface area (Å²) in [6.45, 7) is 2.13. The third kappa shape index (κ3) is 2.31. The first kappa shape index (κ1) is 11.7. The number of nitrogens with one attached hydrogen (secondary N) is 1. The van der Waals surface area contributed by atoms with Crippen molar-refractivity contribution in [3.8, 4) is 0 Å². The summed E-state index contributed by atoms with van der Waals surface area (Å²) >= 11 is 0. The van der Waals surface area contributed by atoms with Gasteiger partial charge in [0.1, 0.15) is 0 Å². The maximum absolute atomic E-state index is 9.21. The standard InChI is InChI=1S/C13H17N3O/c1-2-9(8-17)16-12-6-5-11(14)10-4-3-7-15-13(10)12/h3-7,9,16-17H,2,8,14H2,1H3. The third-order valence-electron chi connectivity index (χ3n) is 2.88. The molecule has 4 N–H and O–H groups in total. The Labute approximate surface area is 100 Å². The molecule has 0 aliphatic rings. The molecule has 0 saturated heterocycles. The summed E-state index contributed by atoms with van der Waals surface area (Å²) < 4.78 is 0. The van der Waals surface area contributed by atoms with Gasteiger partial charge in [-0.05, 0) is 30.7 Å². The second kappa shape index (κ2) is 5.01. The Balaban J connectivity index is 2.44. The summed E-state index contributed by atoms with van der Waals surface area (Å²) in [6, 6.07) is 7.62. The lowest BCUT2D eigenvalue weighted by Gasteiger charge is -2.17. The van der Waals surface area contributed by atoms with Gasteiger partial charge in [-0.3, -0.25) is 4.98 Å². The van der Waals surface area contributed by atoms with E-state index in [-0.39, 0.29) is 12.6 Å². The molecule has 1 heterocycles. The lowest BCUT2D eigenvalue weighted by molar-refractivity contribution is 0.272. The Morgan fingerprint density at radius 3 is 2.94 bits per heavy atom. The molecule has 17 heavy (non-hydrogen) atoms. The van der Waals surface area contributed by atoms with Crippen LogP contribution in [-0.4, -0.2) is 22.7 Å². The highest BCUT2D eigenvalue weighted by atomic mass is 16.3. The molecule has 0 spiro atoms. The Morgan fingerprint density at radius 2 is 2.24 bits per heavy atom. The highest BCUT2D eigenvalue weighted by Gasteiger charge is 2.09. The molecule has 0 radical (unpaired) electrons. The van der Waals surface area contributed by atoms with E-state index in [1.807, 2.05) is 31.2 Å². The molecule has 0 bridgehead atoms. The van der Waals surface area contributed by atoms with Gasteiger partial charge in [-0.25, -0.2) is 0 Å². The Morgan fingerprint density at radius 1 is 1.41 bits per heavy atom. The summed E-state index contributed by atoms with van der Waals surface area (Å²) in [5, 5.41) is 13.4. The predicted molar refractivity (Wildman–Crippen MR) is 70.9 cm³/mol. The van der Waals surface area contributed by atoms with Crippen LogP contribution in [0.15, 0.2) is 30.5 Å². The average Bonchev–Trinajstić information content (AvgIpc) is 2.38. The number of nitrogen functional groups attached to an aromatic ring is 1. The topological polar surface area (TPSA) is 71.2 Å². The Bertz CT molecular complexity index is 509. The molecule has 0 aliphatic carbocycles. The fourth-order valence-corrected chi connectivity index (χ4v) is 1.81. The van der Waals surface area contributed by atoms with Crippen LogP contribution < -0.4 is 11.1 Å². The highest BCUT2D eigenvalue weighted by Crippen LogP contribution is 2.26. The first-order chi connectivity index (χ1) is 8.26. The van der Waals surface area contributed by atoms with E-state index in [2.05, 4.69) is 10.3 Å². The molecule has 2 aromatic rings. The van der Waals surface area contributed by atoms with Crippen LogP contribution in [0.5, 0.6) is 0 Å². The smallest absolute Gasteiger partial charge is 0.0953 e. The number of rotatable bonds is 4. The molecule has 4 heteroatoms. The molecule has 0 fully saturated rings. The maximum atomic E-state index is 9.21. The van der Waals surface area contributed by atoms with E-state index in [0.717, 1.165) is 28.7 Å². The van der Waals surface area contributed by atoms with E-state index in [1.54, 1.807) is 6.20 Å². The number of nitrogens with zero attached hydrogens (tertiary/aromatic N) is 1. The molecule has 0 aliphatic heterocycles. The maximum Gasteiger partial charge on any atom is 0.0953 e. The van der Waals surface area contributed by atoms with Crippen LogP contribution in [0.3, 0.4) is 0 Å². The first-order valence-electron chi connectivity index (χ1n) is 5.77. The van der Waals surface area contributed by atoms with Gasteiger partial charge in [0, 0.05) is 23.3 Å². The summed E-state index contributed by atoms with van der Waals surface area (Å²) in [5.74, 6) is 0. The van der Waals surface area contributed by atoms with Gasteiger partial charge in [0.2, 0.25) is 0 Å². The van der Waals surface area contributed by atoms with Crippen molar-refractivity contribution in [2.45, 2.75) is 19.4 Å². The van der Waals surface area contributed by atoms with E-state index in [4.69, 9.17) is 5.73 Å². The van der Waals surface area contributed by atoms with Gasteiger partial charge in [0.25, 0.3) is 0 Å². The van der Waals surface area contributed by atoms with Gasteiger partial charge >= 0.3 is 0 Å². The van der Waals surface area contributed by atoms with Crippen molar-refractivity contribution in [2.24, 2.45) is 0 Å². The second-order valence-electron chi connectivity index (χ2n) is 4.03. The van der Waals surface area contributed by atoms with E-state index < -0.39 is 0 Å². The van der Waals surface area contributed by atoms with Gasteiger partial charge in [0.05, 0.1) is 17.8 Å². The fourth-order valence-electron chi connectivity index (χ4n) is 1.81. The van der Waals surface area contributed by atoms with Crippen LogP contribution >= 0.6 is 0 Å². The minimum atomic E-state index is 0.0452. The van der Waals surface area contributed by atoms with Crippen molar-refractivity contribution in [1.82, 2.24) is 4.98 Å². The normalized spacial score (nSPS) is 12.6. The molecule has 1 unspecified atom stereocenters. The molecule has 1 aromatic carbocycles. The van der Waals surface area contributed by atoms with Crippen LogP contribution in [0.25, 0.3) is 10.9 Å². The predicted octanol–water partition coefficient (Wildman–Crippen LogP) is 2.00. The van der Waals surface area contributed by atoms with Gasteiger partial charge < -0.3 is 16.2 Å². The van der Waals surface area contributed by atoms with Crippen LogP contribution in [0, 0.1) is 0 Å². The molecule has 1 atom stereocenters. The molecule has 4 nitrogen and oxygen atoms in total. The van der Waals surface area contributed by atoms with Crippen molar-refractivity contribution in [3.63, 3.8) is 0 Å². The van der Waals surface area contributed by atoms with Gasteiger partial charge in [-0.2, -0.15) is 0 Å². The number of aromatic nitrogens is 1. The molecule has 90 valence electrons. The van der Waals surface area contributed by atoms with Crippen LogP contribution in [0.4, 0.5) is 11.4 Å². The van der Waals surface area contributed by atoms with E-state index in [9.17, 15) is 5.11 Å². The minimum Gasteiger partial charge on any atom is -0.398 e. The quantitative estimate of drug-likeness (QED) is 0.704. The number of pyridine rings is 1. The molecule has 0 amide bonds. The molecule has 0 saturated carbocycles. The molecule has 1 aromatic heterocycles. The number of anilines is 2. The number of fused-ring (bicyclic) bond motifs is 1. The molecule has 2 rings (SSSR count). The van der Waals surface area contributed by atoms with Crippen molar-refractivity contribution in [3.05, 3.63) is 30.5 Å².